The lowest BCUT2D eigenvalue weighted by atomic mass is 10.1. The maximum atomic E-state index is 11.3. The Balaban J connectivity index is 3.20. The first kappa shape index (κ1) is 10.8. The number of carbonyl (C=O) groups is 1. The van der Waals surface area contributed by atoms with Crippen LogP contribution in [0.25, 0.3) is 0 Å². The van der Waals surface area contributed by atoms with E-state index in [2.05, 4.69) is 15.9 Å². The van der Waals surface area contributed by atoms with E-state index >= 15 is 0 Å². The molecule has 74 valence electrons. The molecule has 0 spiro atoms. The van der Waals surface area contributed by atoms with Crippen molar-refractivity contribution in [3.05, 3.63) is 39.4 Å². The highest BCUT2D eigenvalue weighted by Crippen LogP contribution is 2.17. The lowest BCUT2D eigenvalue weighted by Crippen LogP contribution is -2.01. The van der Waals surface area contributed by atoms with Gasteiger partial charge in [-0.25, -0.2) is 0 Å². The van der Waals surface area contributed by atoms with Gasteiger partial charge in [-0.05, 0) is 18.6 Å². The van der Waals surface area contributed by atoms with Gasteiger partial charge in [0.1, 0.15) is 0 Å². The molecular formula is C9H8BrNO3. The topological polar surface area (TPSA) is 60.2 Å². The monoisotopic (exact) mass is 257 g/mol. The van der Waals surface area contributed by atoms with Crippen molar-refractivity contribution in [2.75, 3.05) is 5.33 Å². The summed E-state index contributed by atoms with van der Waals surface area (Å²) in [6.07, 6.45) is 0. The van der Waals surface area contributed by atoms with Crippen LogP contribution in [0.5, 0.6) is 0 Å². The summed E-state index contributed by atoms with van der Waals surface area (Å²) in [5.74, 6) is -0.156. The average Bonchev–Trinajstić information content (AvgIpc) is 2.15. The minimum Gasteiger partial charge on any atom is -0.293 e. The molecular weight excluding hydrogens is 250 g/mol. The number of nitro benzene ring substituents is 1. The number of Topliss-reactive ketones (excluding diaryl/α,β-unsaturated/α-hetero) is 1. The normalized spacial score (nSPS) is 9.86. The maximum absolute atomic E-state index is 11.3. The maximum Gasteiger partial charge on any atom is 0.270 e. The molecule has 0 aliphatic carbocycles. The summed E-state index contributed by atoms with van der Waals surface area (Å²) < 4.78 is 0. The number of ketones is 1. The quantitative estimate of drug-likeness (QED) is 0.362. The Hall–Kier alpha value is -1.23. The van der Waals surface area contributed by atoms with Gasteiger partial charge in [-0.3, -0.25) is 14.9 Å². The van der Waals surface area contributed by atoms with Crippen LogP contribution >= 0.6 is 15.9 Å². The van der Waals surface area contributed by atoms with E-state index in [0.29, 0.717) is 11.1 Å². The molecule has 0 unspecified atom stereocenters. The molecule has 0 N–H and O–H groups in total. The van der Waals surface area contributed by atoms with E-state index in [4.69, 9.17) is 0 Å². The lowest BCUT2D eigenvalue weighted by Gasteiger charge is -1.99. The smallest absolute Gasteiger partial charge is 0.270 e. The van der Waals surface area contributed by atoms with Gasteiger partial charge in [0.15, 0.2) is 5.78 Å². The molecule has 0 saturated heterocycles. The zero-order valence-corrected chi connectivity index (χ0v) is 9.08. The van der Waals surface area contributed by atoms with E-state index in [0.717, 1.165) is 0 Å². The number of nitro groups is 1. The number of hydrogen-bond acceptors (Lipinski definition) is 3. The number of nitrogens with zero attached hydrogens (tertiary/aromatic N) is 1. The fourth-order valence-electron chi connectivity index (χ4n) is 1.11. The Labute approximate surface area is 89.2 Å². The average molecular weight is 258 g/mol. The number of aryl methyl sites for hydroxylation is 1. The van der Waals surface area contributed by atoms with Crippen molar-refractivity contribution >= 4 is 27.4 Å². The highest BCUT2D eigenvalue weighted by molar-refractivity contribution is 9.09. The molecule has 14 heavy (non-hydrogen) atoms. The van der Waals surface area contributed by atoms with E-state index in [1.807, 2.05) is 0 Å². The number of non-ortho nitro benzene ring substituents is 1. The van der Waals surface area contributed by atoms with Crippen molar-refractivity contribution in [1.82, 2.24) is 0 Å². The Bertz CT molecular complexity index is 390. The molecule has 0 fully saturated rings. The first-order chi connectivity index (χ1) is 6.54. The van der Waals surface area contributed by atoms with Crippen LogP contribution < -0.4 is 0 Å². The molecule has 0 atom stereocenters. The van der Waals surface area contributed by atoms with Crippen LogP contribution in [-0.2, 0) is 0 Å². The summed E-state index contributed by atoms with van der Waals surface area (Å²) in [5.41, 5.74) is 1.03. The van der Waals surface area contributed by atoms with Gasteiger partial charge >= 0.3 is 0 Å². The lowest BCUT2D eigenvalue weighted by molar-refractivity contribution is -0.384. The third-order valence-electron chi connectivity index (χ3n) is 1.72. The zero-order valence-electron chi connectivity index (χ0n) is 7.49. The van der Waals surface area contributed by atoms with Gasteiger partial charge in [-0.2, -0.15) is 0 Å². The predicted octanol–water partition coefficient (Wildman–Crippen LogP) is 2.48. The first-order valence-electron chi connectivity index (χ1n) is 3.90. The largest absolute Gasteiger partial charge is 0.293 e. The third kappa shape index (κ3) is 2.38. The van der Waals surface area contributed by atoms with Crippen LogP contribution in [0.3, 0.4) is 0 Å². The number of hydrogen-bond donors (Lipinski definition) is 0. The standard InChI is InChI=1S/C9H8BrNO3/c1-6-2-7(9(12)5-10)4-8(3-6)11(13)14/h2-4H,5H2,1H3. The minimum atomic E-state index is -0.502. The van der Waals surface area contributed by atoms with Crippen molar-refractivity contribution in [3.8, 4) is 0 Å². The van der Waals surface area contributed by atoms with Crippen molar-refractivity contribution < 1.29 is 9.72 Å². The number of halogens is 1. The molecule has 0 heterocycles. The van der Waals surface area contributed by atoms with Gasteiger partial charge < -0.3 is 0 Å². The van der Waals surface area contributed by atoms with Crippen molar-refractivity contribution in [2.24, 2.45) is 0 Å². The van der Waals surface area contributed by atoms with Crippen LogP contribution in [0.2, 0.25) is 0 Å². The van der Waals surface area contributed by atoms with Crippen LogP contribution in [0.4, 0.5) is 5.69 Å². The van der Waals surface area contributed by atoms with E-state index in [1.165, 1.54) is 12.1 Å². The van der Waals surface area contributed by atoms with Crippen LogP contribution in [0, 0.1) is 17.0 Å². The van der Waals surface area contributed by atoms with Gasteiger partial charge in [-0.1, -0.05) is 15.9 Å². The van der Waals surface area contributed by atoms with Gasteiger partial charge in [0, 0.05) is 17.7 Å². The van der Waals surface area contributed by atoms with Crippen molar-refractivity contribution in [3.63, 3.8) is 0 Å². The van der Waals surface area contributed by atoms with E-state index in [9.17, 15) is 14.9 Å². The number of carbonyl (C=O) groups excluding carboxylic acids is 1. The van der Waals surface area contributed by atoms with Crippen LogP contribution in [0.15, 0.2) is 18.2 Å². The van der Waals surface area contributed by atoms with Gasteiger partial charge in [0.05, 0.1) is 10.3 Å². The second-order valence-electron chi connectivity index (χ2n) is 2.87. The minimum absolute atomic E-state index is 0.0469. The van der Waals surface area contributed by atoms with Gasteiger partial charge in [-0.15, -0.1) is 0 Å². The highest BCUT2D eigenvalue weighted by atomic mass is 79.9. The van der Waals surface area contributed by atoms with E-state index in [1.54, 1.807) is 13.0 Å². The van der Waals surface area contributed by atoms with Crippen molar-refractivity contribution in [2.45, 2.75) is 6.92 Å². The number of alkyl halides is 1. The fraction of sp³-hybridized carbons (Fsp3) is 0.222. The summed E-state index contributed by atoms with van der Waals surface area (Å²) >= 11 is 3.02. The Morgan fingerprint density at radius 3 is 2.64 bits per heavy atom. The number of benzene rings is 1. The Morgan fingerprint density at radius 2 is 2.14 bits per heavy atom. The van der Waals surface area contributed by atoms with Crippen molar-refractivity contribution in [1.29, 1.82) is 0 Å². The Kier molecular flexibility index (Phi) is 3.35. The zero-order chi connectivity index (χ0) is 10.7. The van der Waals surface area contributed by atoms with Crippen LogP contribution in [-0.4, -0.2) is 16.0 Å². The molecule has 5 heteroatoms. The summed E-state index contributed by atoms with van der Waals surface area (Å²) in [4.78, 5) is 21.3. The Morgan fingerprint density at radius 1 is 1.50 bits per heavy atom. The molecule has 4 nitrogen and oxygen atoms in total. The molecule has 1 rings (SSSR count). The second kappa shape index (κ2) is 4.32. The highest BCUT2D eigenvalue weighted by Gasteiger charge is 2.11. The molecule has 0 saturated carbocycles. The van der Waals surface area contributed by atoms with E-state index < -0.39 is 4.92 Å². The second-order valence-corrected chi connectivity index (χ2v) is 3.43. The molecule has 0 aromatic heterocycles. The molecule has 1 aromatic carbocycles. The summed E-state index contributed by atoms with van der Waals surface area (Å²) in [5, 5.41) is 10.7. The van der Waals surface area contributed by atoms with Gasteiger partial charge in [0.2, 0.25) is 0 Å². The summed E-state index contributed by atoms with van der Waals surface area (Å²) in [7, 11) is 0. The van der Waals surface area contributed by atoms with E-state index in [-0.39, 0.29) is 16.8 Å². The summed E-state index contributed by atoms with van der Waals surface area (Å²) in [6, 6.07) is 4.36. The molecule has 0 aliphatic heterocycles. The molecule has 0 aliphatic rings. The molecule has 0 bridgehead atoms. The molecule has 0 amide bonds. The summed E-state index contributed by atoms with van der Waals surface area (Å²) in [6.45, 7) is 1.72. The molecule has 1 aromatic rings. The fourth-order valence-corrected chi connectivity index (χ4v) is 1.43. The first-order valence-corrected chi connectivity index (χ1v) is 5.02. The predicted molar refractivity (Wildman–Crippen MR) is 56.0 cm³/mol. The van der Waals surface area contributed by atoms with Gasteiger partial charge in [0.25, 0.3) is 5.69 Å². The third-order valence-corrected chi connectivity index (χ3v) is 2.23. The number of rotatable bonds is 3. The SMILES string of the molecule is Cc1cc(C(=O)CBr)cc([N+](=O)[O-])c1. The van der Waals surface area contributed by atoms with Crippen LogP contribution in [0.1, 0.15) is 15.9 Å². The molecule has 0 radical (unpaired) electrons.